The molecule has 0 saturated heterocycles. The van der Waals surface area contributed by atoms with E-state index in [4.69, 9.17) is 4.74 Å². The van der Waals surface area contributed by atoms with Crippen molar-refractivity contribution in [3.05, 3.63) is 54.1 Å². The second kappa shape index (κ2) is 11.2. The van der Waals surface area contributed by atoms with Crippen LogP contribution >= 0.6 is 0 Å². The van der Waals surface area contributed by atoms with Crippen molar-refractivity contribution in [2.24, 2.45) is 0 Å². The van der Waals surface area contributed by atoms with E-state index in [0.717, 1.165) is 22.8 Å². The minimum Gasteiger partial charge on any atom is -0.497 e. The van der Waals surface area contributed by atoms with Crippen LogP contribution in [-0.4, -0.2) is 38.6 Å². The Labute approximate surface area is 173 Å². The molecule has 0 aliphatic rings. The number of carbonyl (C=O) groups excluding carboxylic acids is 2. The zero-order chi connectivity index (χ0) is 21.2. The van der Waals surface area contributed by atoms with Gasteiger partial charge in [-0.25, -0.2) is 0 Å². The van der Waals surface area contributed by atoms with Gasteiger partial charge in [-0.3, -0.25) is 9.59 Å². The molecule has 1 unspecified atom stereocenters. The molecule has 0 bridgehead atoms. The van der Waals surface area contributed by atoms with Gasteiger partial charge >= 0.3 is 0 Å². The van der Waals surface area contributed by atoms with Crippen molar-refractivity contribution in [1.82, 2.24) is 0 Å². The molecule has 2 amide bonds. The van der Waals surface area contributed by atoms with Gasteiger partial charge < -0.3 is 20.3 Å². The van der Waals surface area contributed by atoms with E-state index in [1.54, 1.807) is 31.4 Å². The van der Waals surface area contributed by atoms with Crippen LogP contribution in [0.2, 0.25) is 0 Å². The first kappa shape index (κ1) is 22.4. The molecule has 0 fully saturated rings. The maximum absolute atomic E-state index is 12.4. The van der Waals surface area contributed by atoms with Gasteiger partial charge in [0.2, 0.25) is 0 Å². The molecule has 0 radical (unpaired) electrons. The number of quaternary nitrogens is 1. The predicted molar refractivity (Wildman–Crippen MR) is 117 cm³/mol. The normalized spacial score (nSPS) is 12.7. The minimum atomic E-state index is -0.127. The van der Waals surface area contributed by atoms with Crippen molar-refractivity contribution in [2.45, 2.75) is 33.1 Å². The first-order chi connectivity index (χ1) is 13.9. The van der Waals surface area contributed by atoms with Crippen LogP contribution in [0.3, 0.4) is 0 Å². The molecular formula is C23H32N3O3+. The van der Waals surface area contributed by atoms with E-state index in [2.05, 4.69) is 36.6 Å². The summed E-state index contributed by atoms with van der Waals surface area (Å²) in [6, 6.07) is 15.1. The molecule has 3 N–H and O–H groups in total. The smallest absolute Gasteiger partial charge is 0.279 e. The highest BCUT2D eigenvalue weighted by Crippen LogP contribution is 2.20. The van der Waals surface area contributed by atoms with Gasteiger partial charge in [-0.05, 0) is 61.2 Å². The molecule has 0 aliphatic heterocycles. The van der Waals surface area contributed by atoms with Crippen molar-refractivity contribution in [3.8, 4) is 5.75 Å². The number of nitrogens with one attached hydrogen (secondary N) is 3. The zero-order valence-corrected chi connectivity index (χ0v) is 17.7. The highest BCUT2D eigenvalue weighted by Gasteiger charge is 2.17. The highest BCUT2D eigenvalue weighted by atomic mass is 16.5. The summed E-state index contributed by atoms with van der Waals surface area (Å²) < 4.78 is 5.11. The van der Waals surface area contributed by atoms with Crippen LogP contribution < -0.4 is 20.3 Å². The molecule has 0 aliphatic carbocycles. The summed E-state index contributed by atoms with van der Waals surface area (Å²) >= 11 is 0. The van der Waals surface area contributed by atoms with E-state index in [-0.39, 0.29) is 24.9 Å². The Hall–Kier alpha value is -2.86. The summed E-state index contributed by atoms with van der Waals surface area (Å²) in [4.78, 5) is 25.6. The fourth-order valence-electron chi connectivity index (χ4n) is 2.98. The summed E-state index contributed by atoms with van der Waals surface area (Å²) in [6.45, 7) is 7.45. The third kappa shape index (κ3) is 7.23. The quantitative estimate of drug-likeness (QED) is 0.576. The summed E-state index contributed by atoms with van der Waals surface area (Å²) in [7, 11) is 1.60. The maximum Gasteiger partial charge on any atom is 0.279 e. The molecule has 2 rings (SSSR count). The topological polar surface area (TPSA) is 71.9 Å². The molecule has 2 aromatic carbocycles. The summed E-state index contributed by atoms with van der Waals surface area (Å²) in [6.07, 6.45) is 1.08. The number of benzene rings is 2. The van der Waals surface area contributed by atoms with Crippen LogP contribution in [0.25, 0.3) is 0 Å². The molecule has 6 nitrogen and oxygen atoms in total. The lowest BCUT2D eigenvalue weighted by Crippen LogP contribution is -3.13. The van der Waals surface area contributed by atoms with E-state index < -0.39 is 0 Å². The average molecular weight is 399 g/mol. The zero-order valence-electron chi connectivity index (χ0n) is 17.7. The monoisotopic (exact) mass is 398 g/mol. The average Bonchev–Trinajstić information content (AvgIpc) is 2.73. The molecule has 29 heavy (non-hydrogen) atoms. The van der Waals surface area contributed by atoms with E-state index in [1.165, 1.54) is 5.56 Å². The highest BCUT2D eigenvalue weighted by molar-refractivity contribution is 5.93. The molecule has 6 heteroatoms. The second-order valence-corrected chi connectivity index (χ2v) is 7.21. The second-order valence-electron chi connectivity index (χ2n) is 7.21. The Morgan fingerprint density at radius 3 is 1.79 bits per heavy atom. The number of carbonyl (C=O) groups is 2. The van der Waals surface area contributed by atoms with Crippen molar-refractivity contribution in [1.29, 1.82) is 0 Å². The number of anilines is 2. The van der Waals surface area contributed by atoms with E-state index in [9.17, 15) is 9.59 Å². The lowest BCUT2D eigenvalue weighted by atomic mass is 9.99. The van der Waals surface area contributed by atoms with Crippen molar-refractivity contribution >= 4 is 23.2 Å². The summed E-state index contributed by atoms with van der Waals surface area (Å²) in [5.41, 5.74) is 2.75. The Balaban J connectivity index is 1.84. The molecular weight excluding hydrogens is 366 g/mol. The Morgan fingerprint density at radius 2 is 1.38 bits per heavy atom. The number of amides is 2. The van der Waals surface area contributed by atoms with Gasteiger partial charge in [0.25, 0.3) is 11.8 Å². The fourth-order valence-corrected chi connectivity index (χ4v) is 2.98. The van der Waals surface area contributed by atoms with Crippen LogP contribution in [0.5, 0.6) is 5.75 Å². The molecule has 0 spiro atoms. The molecule has 0 heterocycles. The maximum atomic E-state index is 12.4. The van der Waals surface area contributed by atoms with Crippen molar-refractivity contribution in [3.63, 3.8) is 0 Å². The van der Waals surface area contributed by atoms with Gasteiger partial charge in [0.05, 0.1) is 13.7 Å². The van der Waals surface area contributed by atoms with Crippen LogP contribution in [-0.2, 0) is 9.59 Å². The largest absolute Gasteiger partial charge is 0.497 e. The lowest BCUT2D eigenvalue weighted by Gasteiger charge is -2.17. The van der Waals surface area contributed by atoms with Gasteiger partial charge in [-0.2, -0.15) is 0 Å². The molecule has 2 atom stereocenters. The third-order valence-electron chi connectivity index (χ3n) is 5.07. The lowest BCUT2D eigenvalue weighted by molar-refractivity contribution is -0.881. The molecule has 2 aromatic rings. The van der Waals surface area contributed by atoms with Crippen molar-refractivity contribution in [2.75, 3.05) is 37.4 Å². The Bertz CT molecular complexity index is 788. The van der Waals surface area contributed by atoms with Gasteiger partial charge in [0.1, 0.15) is 5.75 Å². The number of ether oxygens (including phenoxy) is 1. The van der Waals surface area contributed by atoms with Gasteiger partial charge in [-0.15, -0.1) is 0 Å². The van der Waals surface area contributed by atoms with Gasteiger partial charge in [-0.1, -0.05) is 26.0 Å². The number of methoxy groups -OCH3 is 1. The molecule has 0 saturated carbocycles. The summed E-state index contributed by atoms with van der Waals surface area (Å²) in [5, 5.41) is 5.78. The molecule has 0 aromatic heterocycles. The number of hydrogen-bond acceptors (Lipinski definition) is 3. The van der Waals surface area contributed by atoms with Crippen molar-refractivity contribution < 1.29 is 19.2 Å². The predicted octanol–water partition coefficient (Wildman–Crippen LogP) is 2.69. The van der Waals surface area contributed by atoms with Crippen LogP contribution in [0.4, 0.5) is 11.4 Å². The molecule has 156 valence electrons. The SMILES string of the molecule is CC[C@H](C)c1ccc(NC(=O)C[NH+](CC)CC(=O)Nc2ccc(OC)cc2)cc1. The third-order valence-corrected chi connectivity index (χ3v) is 5.07. The van der Waals surface area contributed by atoms with E-state index in [0.29, 0.717) is 18.2 Å². The first-order valence-electron chi connectivity index (χ1n) is 10.1. The Morgan fingerprint density at radius 1 is 0.897 bits per heavy atom. The minimum absolute atomic E-state index is 0.101. The number of likely N-dealkylation sites (N-methyl/N-ethyl adjacent to an activating group) is 1. The fraction of sp³-hybridized carbons (Fsp3) is 0.391. The summed E-state index contributed by atoms with van der Waals surface area (Å²) in [5.74, 6) is 1.01. The standard InChI is InChI=1S/C23H31N3O3/c1-5-17(3)18-7-9-19(10-8-18)24-22(27)15-26(6-2)16-23(28)25-20-11-13-21(29-4)14-12-20/h7-14,17H,5-6,15-16H2,1-4H3,(H,24,27)(H,25,28)/p+1/t17-/m0/s1. The van der Waals surface area contributed by atoms with Crippen LogP contribution in [0, 0.1) is 0 Å². The van der Waals surface area contributed by atoms with E-state index >= 15 is 0 Å². The first-order valence-corrected chi connectivity index (χ1v) is 10.1. The Kier molecular flexibility index (Phi) is 8.68. The van der Waals surface area contributed by atoms with Gasteiger partial charge in [0, 0.05) is 11.4 Å². The van der Waals surface area contributed by atoms with Crippen LogP contribution in [0.15, 0.2) is 48.5 Å². The van der Waals surface area contributed by atoms with Gasteiger partial charge in [0.15, 0.2) is 13.1 Å². The number of rotatable bonds is 10. The van der Waals surface area contributed by atoms with Crippen LogP contribution in [0.1, 0.15) is 38.7 Å². The number of hydrogen-bond donors (Lipinski definition) is 3. The van der Waals surface area contributed by atoms with E-state index in [1.807, 2.05) is 19.1 Å².